The van der Waals surface area contributed by atoms with Crippen molar-refractivity contribution in [3.8, 4) is 11.3 Å². The third-order valence-electron chi connectivity index (χ3n) is 8.38. The molecule has 6 rings (SSSR count). The molecular formula is C27H33N5OS. The summed E-state index contributed by atoms with van der Waals surface area (Å²) in [5.74, 6) is 1.36. The lowest BCUT2D eigenvalue weighted by Gasteiger charge is -2.31. The molecule has 0 aromatic carbocycles. The van der Waals surface area contributed by atoms with E-state index in [1.165, 1.54) is 56.6 Å². The smallest absolute Gasteiger partial charge is 0.158 e. The molecule has 2 fully saturated rings. The number of carbonyl (C=O) groups is 1. The van der Waals surface area contributed by atoms with Crippen molar-refractivity contribution in [1.29, 1.82) is 0 Å². The highest BCUT2D eigenvalue weighted by atomic mass is 32.1. The summed E-state index contributed by atoms with van der Waals surface area (Å²) in [5, 5.41) is 5.85. The molecule has 2 atom stereocenters. The lowest BCUT2D eigenvalue weighted by Crippen LogP contribution is -2.38. The monoisotopic (exact) mass is 475 g/mol. The molecule has 2 unspecified atom stereocenters. The van der Waals surface area contributed by atoms with Crippen LogP contribution in [0.2, 0.25) is 0 Å². The summed E-state index contributed by atoms with van der Waals surface area (Å²) in [6.07, 6.45) is 6.19. The van der Waals surface area contributed by atoms with E-state index >= 15 is 0 Å². The van der Waals surface area contributed by atoms with E-state index in [0.717, 1.165) is 18.7 Å². The summed E-state index contributed by atoms with van der Waals surface area (Å²) in [4.78, 5) is 25.1. The number of aryl methyl sites for hydroxylation is 2. The highest BCUT2D eigenvalue weighted by Crippen LogP contribution is 2.62. The molecule has 4 aromatic heterocycles. The van der Waals surface area contributed by atoms with E-state index in [1.807, 2.05) is 15.9 Å². The lowest BCUT2D eigenvalue weighted by atomic mass is 9.88. The van der Waals surface area contributed by atoms with Gasteiger partial charge in [-0.25, -0.2) is 9.50 Å². The van der Waals surface area contributed by atoms with Crippen molar-refractivity contribution in [3.63, 3.8) is 0 Å². The summed E-state index contributed by atoms with van der Waals surface area (Å²) < 4.78 is 1.90. The number of piperidine rings is 1. The molecule has 1 N–H and O–H groups in total. The number of H-pyrrole nitrogens is 1. The number of nitrogens with one attached hydrogen (secondary N) is 1. The lowest BCUT2D eigenvalue weighted by molar-refractivity contribution is -0.118. The highest BCUT2D eigenvalue weighted by Gasteiger charge is 2.59. The van der Waals surface area contributed by atoms with Gasteiger partial charge in [0.1, 0.15) is 16.9 Å². The van der Waals surface area contributed by atoms with E-state index in [4.69, 9.17) is 0 Å². The molecule has 0 radical (unpaired) electrons. The minimum Gasteiger partial charge on any atom is -0.346 e. The fourth-order valence-electron chi connectivity index (χ4n) is 6.49. The van der Waals surface area contributed by atoms with Crippen molar-refractivity contribution in [2.75, 3.05) is 19.6 Å². The maximum absolute atomic E-state index is 11.6. The Labute approximate surface area is 204 Å². The number of hydrogen-bond acceptors (Lipinski definition) is 5. The van der Waals surface area contributed by atoms with Gasteiger partial charge in [0.15, 0.2) is 5.65 Å². The number of rotatable bonds is 5. The fourth-order valence-corrected chi connectivity index (χ4v) is 8.02. The fraction of sp³-hybridized carbons (Fsp3) is 0.519. The van der Waals surface area contributed by atoms with Crippen LogP contribution in [0.3, 0.4) is 0 Å². The van der Waals surface area contributed by atoms with E-state index in [9.17, 15) is 4.79 Å². The Hall–Kier alpha value is -2.51. The predicted octanol–water partition coefficient (Wildman–Crippen LogP) is 5.54. The van der Waals surface area contributed by atoms with Crippen LogP contribution in [0.1, 0.15) is 66.7 Å². The molecule has 2 aliphatic rings. The zero-order chi connectivity index (χ0) is 23.9. The van der Waals surface area contributed by atoms with Crippen molar-refractivity contribution in [1.82, 2.24) is 24.5 Å². The molecule has 0 bridgehead atoms. The first-order valence-corrected chi connectivity index (χ1v) is 13.2. The van der Waals surface area contributed by atoms with Crippen molar-refractivity contribution in [2.45, 2.75) is 65.7 Å². The van der Waals surface area contributed by atoms with Crippen LogP contribution < -0.4 is 0 Å². The van der Waals surface area contributed by atoms with Crippen LogP contribution in [-0.4, -0.2) is 49.9 Å². The van der Waals surface area contributed by atoms with Crippen LogP contribution in [0.4, 0.5) is 0 Å². The maximum atomic E-state index is 11.6. The predicted molar refractivity (Wildman–Crippen MR) is 138 cm³/mol. The van der Waals surface area contributed by atoms with Gasteiger partial charge >= 0.3 is 0 Å². The van der Waals surface area contributed by atoms with Gasteiger partial charge in [-0.05, 0) is 81.2 Å². The van der Waals surface area contributed by atoms with Gasteiger partial charge in [0.2, 0.25) is 0 Å². The van der Waals surface area contributed by atoms with Gasteiger partial charge in [0, 0.05) is 34.0 Å². The number of aromatic nitrogens is 4. The summed E-state index contributed by atoms with van der Waals surface area (Å²) in [7, 11) is 0. The zero-order valence-corrected chi connectivity index (χ0v) is 21.8. The Kier molecular flexibility index (Phi) is 4.84. The maximum Gasteiger partial charge on any atom is 0.158 e. The number of aromatic amines is 1. The highest BCUT2D eigenvalue weighted by molar-refractivity contribution is 7.19. The molecule has 4 aromatic rings. The Balaban J connectivity index is 1.45. The topological polar surface area (TPSA) is 66.3 Å². The van der Waals surface area contributed by atoms with Gasteiger partial charge < -0.3 is 4.98 Å². The van der Waals surface area contributed by atoms with Crippen molar-refractivity contribution in [2.24, 2.45) is 5.92 Å². The van der Waals surface area contributed by atoms with Gasteiger partial charge in [0.25, 0.3) is 0 Å². The van der Waals surface area contributed by atoms with Crippen LogP contribution in [0.25, 0.3) is 27.1 Å². The number of nitrogens with zero attached hydrogens (tertiary/aromatic N) is 4. The number of pyridine rings is 1. The largest absolute Gasteiger partial charge is 0.346 e. The van der Waals surface area contributed by atoms with E-state index in [-0.39, 0.29) is 5.78 Å². The van der Waals surface area contributed by atoms with Crippen molar-refractivity contribution < 1.29 is 4.79 Å². The Bertz CT molecular complexity index is 1460. The molecule has 178 valence electrons. The number of ketones is 1. The van der Waals surface area contributed by atoms with Crippen molar-refractivity contribution >= 4 is 33.0 Å². The minimum atomic E-state index is 0.275. The number of Topliss-reactive ketones (excluding diaryl/α,β-unsaturated/α-hetero) is 1. The molecule has 7 heteroatoms. The van der Waals surface area contributed by atoms with Gasteiger partial charge in [-0.1, -0.05) is 13.8 Å². The van der Waals surface area contributed by atoms with Crippen LogP contribution in [0, 0.1) is 26.7 Å². The molecule has 34 heavy (non-hydrogen) atoms. The first-order valence-electron chi connectivity index (χ1n) is 12.4. The standard InChI is InChI=1S/C27H33N5OS/c1-14(2)21-22-18(6)24(27-7-8-31(10-15(3)33)11-19(27)9-27)34-26(22)30-23(21)20-12-32-25(28-13-29-32)17(5)16(20)4/h12-14,19,30H,7-11H2,1-6H3. The van der Waals surface area contributed by atoms with Crippen LogP contribution in [0.5, 0.6) is 0 Å². The van der Waals surface area contributed by atoms with E-state index in [1.54, 1.807) is 18.1 Å². The van der Waals surface area contributed by atoms with Crippen LogP contribution in [0.15, 0.2) is 12.5 Å². The number of likely N-dealkylation sites (tertiary alicyclic amines) is 1. The summed E-state index contributed by atoms with van der Waals surface area (Å²) in [6.45, 7) is 15.7. The van der Waals surface area contributed by atoms with E-state index in [0.29, 0.717) is 23.8 Å². The quantitative estimate of drug-likeness (QED) is 0.412. The van der Waals surface area contributed by atoms with Crippen molar-refractivity contribution in [3.05, 3.63) is 39.7 Å². The molecular weight excluding hydrogens is 442 g/mol. The normalized spacial score (nSPS) is 22.7. The summed E-state index contributed by atoms with van der Waals surface area (Å²) in [5.41, 5.74) is 9.00. The number of hydrogen-bond donors (Lipinski definition) is 1. The van der Waals surface area contributed by atoms with Gasteiger partial charge in [-0.15, -0.1) is 11.3 Å². The molecule has 5 heterocycles. The zero-order valence-electron chi connectivity index (χ0n) is 21.0. The number of fused-ring (bicyclic) bond motifs is 3. The summed E-state index contributed by atoms with van der Waals surface area (Å²) >= 11 is 1.97. The molecule has 1 saturated heterocycles. The third kappa shape index (κ3) is 3.06. The SMILES string of the molecule is CC(=O)CN1CCC2(c3sc4[nH]c(-c5cn6ncnc6c(C)c5C)c(C(C)C)c4c3C)CC2C1. The average Bonchev–Trinajstić information content (AvgIpc) is 3.06. The first-order chi connectivity index (χ1) is 16.2. The van der Waals surface area contributed by atoms with Gasteiger partial charge in [-0.3, -0.25) is 9.69 Å². The molecule has 1 saturated carbocycles. The van der Waals surface area contributed by atoms with E-state index in [2.05, 4.69) is 60.8 Å². The third-order valence-corrected chi connectivity index (χ3v) is 9.81. The second-order valence-electron chi connectivity index (χ2n) is 10.9. The molecule has 6 nitrogen and oxygen atoms in total. The Morgan fingerprint density at radius 3 is 2.76 bits per heavy atom. The first kappa shape index (κ1) is 22.0. The molecule has 0 spiro atoms. The second-order valence-corrected chi connectivity index (χ2v) is 11.9. The molecule has 0 amide bonds. The van der Waals surface area contributed by atoms with Gasteiger partial charge in [-0.2, -0.15) is 5.10 Å². The van der Waals surface area contributed by atoms with Gasteiger partial charge in [0.05, 0.1) is 12.2 Å². The minimum absolute atomic E-state index is 0.275. The van der Waals surface area contributed by atoms with Crippen LogP contribution in [-0.2, 0) is 10.2 Å². The number of thiophene rings is 1. The summed E-state index contributed by atoms with van der Waals surface area (Å²) in [6, 6.07) is 0. The number of carbonyl (C=O) groups excluding carboxylic acids is 1. The second kappa shape index (κ2) is 7.49. The molecule has 1 aliphatic carbocycles. The Morgan fingerprint density at radius 2 is 2.06 bits per heavy atom. The van der Waals surface area contributed by atoms with Crippen LogP contribution >= 0.6 is 11.3 Å². The molecule has 1 aliphatic heterocycles. The van der Waals surface area contributed by atoms with E-state index < -0.39 is 0 Å². The Morgan fingerprint density at radius 1 is 1.26 bits per heavy atom. The average molecular weight is 476 g/mol.